The van der Waals surface area contributed by atoms with Crippen LogP contribution in [-0.2, 0) is 11.2 Å². The highest BCUT2D eigenvalue weighted by Gasteiger charge is 2.34. The van der Waals surface area contributed by atoms with E-state index in [1.807, 2.05) is 25.1 Å². The molecule has 6 heteroatoms. The van der Waals surface area contributed by atoms with Crippen molar-refractivity contribution >= 4 is 11.6 Å². The van der Waals surface area contributed by atoms with Gasteiger partial charge in [0.2, 0.25) is 0 Å². The number of aromatic nitrogens is 2. The van der Waals surface area contributed by atoms with E-state index in [2.05, 4.69) is 15.0 Å². The Balaban J connectivity index is 1.71. The number of aryl methyl sites for hydroxylation is 1. The molecule has 0 radical (unpaired) electrons. The average molecular weight is 315 g/mol. The van der Waals surface area contributed by atoms with Gasteiger partial charge in [-0.3, -0.25) is 4.79 Å². The van der Waals surface area contributed by atoms with Gasteiger partial charge in [0.25, 0.3) is 0 Å². The molecule has 6 nitrogen and oxygen atoms in total. The van der Waals surface area contributed by atoms with Gasteiger partial charge in [-0.25, -0.2) is 4.98 Å². The molecule has 0 aromatic carbocycles. The highest BCUT2D eigenvalue weighted by Crippen LogP contribution is 2.27. The Kier molecular flexibility index (Phi) is 4.43. The number of hydrogen-bond acceptors (Lipinski definition) is 6. The van der Waals surface area contributed by atoms with Crippen LogP contribution >= 0.6 is 0 Å². The van der Waals surface area contributed by atoms with E-state index in [4.69, 9.17) is 9.26 Å². The molecule has 2 atom stereocenters. The van der Waals surface area contributed by atoms with E-state index in [-0.39, 0.29) is 11.9 Å². The molecule has 1 saturated heterocycles. The molecule has 2 aromatic heterocycles. The number of ether oxygens (including phenoxy) is 1. The SMILES string of the molecule is CO[C@H]1CN(c2ccc(C(C)=O)cn2)C[C@H]1Cc1cc(C)no1. The summed E-state index contributed by atoms with van der Waals surface area (Å²) in [6.45, 7) is 5.08. The third kappa shape index (κ3) is 3.42. The van der Waals surface area contributed by atoms with Crippen LogP contribution < -0.4 is 4.90 Å². The van der Waals surface area contributed by atoms with Crippen LogP contribution in [0.15, 0.2) is 28.9 Å². The predicted octanol–water partition coefficient (Wildman–Crippen LogP) is 2.27. The van der Waals surface area contributed by atoms with Crippen LogP contribution in [0.4, 0.5) is 5.82 Å². The first-order chi connectivity index (χ1) is 11.1. The Bertz CT molecular complexity index is 681. The van der Waals surface area contributed by atoms with Gasteiger partial charge in [-0.1, -0.05) is 5.16 Å². The molecule has 0 N–H and O–H groups in total. The fourth-order valence-electron chi connectivity index (χ4n) is 3.04. The van der Waals surface area contributed by atoms with E-state index in [9.17, 15) is 4.79 Å². The van der Waals surface area contributed by atoms with Crippen molar-refractivity contribution in [2.45, 2.75) is 26.4 Å². The Morgan fingerprint density at radius 2 is 2.26 bits per heavy atom. The first-order valence-electron chi connectivity index (χ1n) is 7.73. The van der Waals surface area contributed by atoms with Crippen LogP contribution in [-0.4, -0.2) is 42.2 Å². The van der Waals surface area contributed by atoms with E-state index in [0.717, 1.165) is 36.8 Å². The monoisotopic (exact) mass is 315 g/mol. The fraction of sp³-hybridized carbons (Fsp3) is 0.471. The van der Waals surface area contributed by atoms with E-state index in [0.29, 0.717) is 11.5 Å². The highest BCUT2D eigenvalue weighted by molar-refractivity contribution is 5.93. The summed E-state index contributed by atoms with van der Waals surface area (Å²) in [4.78, 5) is 17.9. The molecule has 0 saturated carbocycles. The third-order valence-corrected chi connectivity index (χ3v) is 4.30. The lowest BCUT2D eigenvalue weighted by Gasteiger charge is -2.17. The van der Waals surface area contributed by atoms with Gasteiger partial charge in [0.15, 0.2) is 5.78 Å². The minimum Gasteiger partial charge on any atom is -0.379 e. The number of rotatable bonds is 5. The first kappa shape index (κ1) is 15.7. The van der Waals surface area contributed by atoms with E-state index in [1.165, 1.54) is 0 Å². The summed E-state index contributed by atoms with van der Waals surface area (Å²) in [5.41, 5.74) is 1.52. The standard InChI is InChI=1S/C17H21N3O3/c1-11-6-15(23-19-11)7-14-9-20(10-16(14)22-3)17-5-4-13(8-18-17)12(2)21/h4-6,8,14,16H,7,9-10H2,1-3H3/t14-,16+/m1/s1. The maximum atomic E-state index is 11.3. The van der Waals surface area contributed by atoms with E-state index >= 15 is 0 Å². The average Bonchev–Trinajstić information content (AvgIpc) is 3.14. The van der Waals surface area contributed by atoms with Crippen molar-refractivity contribution in [3.05, 3.63) is 41.4 Å². The zero-order valence-electron chi connectivity index (χ0n) is 13.7. The Morgan fingerprint density at radius 1 is 1.43 bits per heavy atom. The molecule has 3 rings (SSSR count). The zero-order chi connectivity index (χ0) is 16.4. The van der Waals surface area contributed by atoms with Gasteiger partial charge in [-0.05, 0) is 26.0 Å². The number of methoxy groups -OCH3 is 1. The summed E-state index contributed by atoms with van der Waals surface area (Å²) in [6, 6.07) is 5.68. The highest BCUT2D eigenvalue weighted by atomic mass is 16.5. The summed E-state index contributed by atoms with van der Waals surface area (Å²) in [7, 11) is 1.74. The second kappa shape index (κ2) is 6.50. The molecular weight excluding hydrogens is 294 g/mol. The Hall–Kier alpha value is -2.21. The van der Waals surface area contributed by atoms with Gasteiger partial charge in [0, 0.05) is 50.4 Å². The number of carbonyl (C=O) groups is 1. The second-order valence-electron chi connectivity index (χ2n) is 6.04. The Morgan fingerprint density at radius 3 is 2.83 bits per heavy atom. The molecule has 1 aliphatic rings. The minimum atomic E-state index is 0.0267. The normalized spacial score (nSPS) is 20.9. The van der Waals surface area contributed by atoms with Crippen LogP contribution in [0.25, 0.3) is 0 Å². The lowest BCUT2D eigenvalue weighted by molar-refractivity contribution is 0.0812. The molecular formula is C17H21N3O3. The number of pyridine rings is 1. The number of Topliss-reactive ketones (excluding diaryl/α,β-unsaturated/α-hetero) is 1. The van der Waals surface area contributed by atoms with Crippen LogP contribution in [0.1, 0.15) is 28.7 Å². The zero-order valence-corrected chi connectivity index (χ0v) is 13.7. The van der Waals surface area contributed by atoms with Crippen LogP contribution in [0.2, 0.25) is 0 Å². The number of hydrogen-bond donors (Lipinski definition) is 0. The third-order valence-electron chi connectivity index (χ3n) is 4.30. The van der Waals surface area contributed by atoms with Crippen molar-refractivity contribution < 1.29 is 14.1 Å². The molecule has 1 aliphatic heterocycles. The maximum Gasteiger partial charge on any atom is 0.161 e. The van der Waals surface area contributed by atoms with Crippen molar-refractivity contribution in [2.75, 3.05) is 25.1 Å². The van der Waals surface area contributed by atoms with Gasteiger partial charge in [-0.2, -0.15) is 0 Å². The maximum absolute atomic E-state index is 11.3. The second-order valence-corrected chi connectivity index (χ2v) is 6.04. The van der Waals surface area contributed by atoms with Gasteiger partial charge in [0.1, 0.15) is 11.6 Å². The number of nitrogens with zero attached hydrogens (tertiary/aromatic N) is 3. The smallest absolute Gasteiger partial charge is 0.161 e. The molecule has 23 heavy (non-hydrogen) atoms. The largest absolute Gasteiger partial charge is 0.379 e. The van der Waals surface area contributed by atoms with Gasteiger partial charge in [-0.15, -0.1) is 0 Å². The summed E-state index contributed by atoms with van der Waals surface area (Å²) < 4.78 is 11.0. The van der Waals surface area contributed by atoms with Crippen LogP contribution in [0.5, 0.6) is 0 Å². The number of carbonyl (C=O) groups excluding carboxylic acids is 1. The summed E-state index contributed by atoms with van der Waals surface area (Å²) in [6.07, 6.45) is 2.54. The molecule has 1 fully saturated rings. The van der Waals surface area contributed by atoms with Crippen molar-refractivity contribution in [3.63, 3.8) is 0 Å². The van der Waals surface area contributed by atoms with Crippen molar-refractivity contribution in [3.8, 4) is 0 Å². The predicted molar refractivity (Wildman–Crippen MR) is 85.7 cm³/mol. The molecule has 3 heterocycles. The molecule has 0 aliphatic carbocycles. The summed E-state index contributed by atoms with van der Waals surface area (Å²) >= 11 is 0. The molecule has 0 amide bonds. The van der Waals surface area contributed by atoms with Crippen molar-refractivity contribution in [2.24, 2.45) is 5.92 Å². The minimum absolute atomic E-state index is 0.0267. The van der Waals surface area contributed by atoms with Crippen LogP contribution in [0.3, 0.4) is 0 Å². The molecule has 0 unspecified atom stereocenters. The van der Waals surface area contributed by atoms with Crippen molar-refractivity contribution in [1.82, 2.24) is 10.1 Å². The van der Waals surface area contributed by atoms with E-state index in [1.54, 1.807) is 20.2 Å². The first-order valence-corrected chi connectivity index (χ1v) is 7.73. The summed E-state index contributed by atoms with van der Waals surface area (Å²) in [5, 5.41) is 3.94. The quantitative estimate of drug-likeness (QED) is 0.789. The lowest BCUT2D eigenvalue weighted by Crippen LogP contribution is -2.23. The van der Waals surface area contributed by atoms with Gasteiger partial charge >= 0.3 is 0 Å². The van der Waals surface area contributed by atoms with Gasteiger partial charge < -0.3 is 14.2 Å². The van der Waals surface area contributed by atoms with Crippen LogP contribution in [0, 0.1) is 12.8 Å². The number of ketones is 1. The fourth-order valence-corrected chi connectivity index (χ4v) is 3.04. The Labute approximate surface area is 135 Å². The number of anilines is 1. The molecule has 2 aromatic rings. The topological polar surface area (TPSA) is 68.5 Å². The van der Waals surface area contributed by atoms with E-state index < -0.39 is 0 Å². The van der Waals surface area contributed by atoms with Crippen molar-refractivity contribution in [1.29, 1.82) is 0 Å². The molecule has 0 bridgehead atoms. The summed E-state index contributed by atoms with van der Waals surface area (Å²) in [5.74, 6) is 2.10. The van der Waals surface area contributed by atoms with Gasteiger partial charge in [0.05, 0.1) is 11.8 Å². The molecule has 122 valence electrons. The lowest BCUT2D eigenvalue weighted by atomic mass is 10.0. The molecule has 0 spiro atoms.